The van der Waals surface area contributed by atoms with Crippen molar-refractivity contribution in [1.82, 2.24) is 5.32 Å². The Morgan fingerprint density at radius 1 is 1.35 bits per heavy atom. The molecule has 0 saturated carbocycles. The highest BCUT2D eigenvalue weighted by Gasteiger charge is 2.46. The molecule has 4 rings (SSSR count). The molecule has 23 heavy (non-hydrogen) atoms. The second kappa shape index (κ2) is 5.34. The summed E-state index contributed by atoms with van der Waals surface area (Å²) in [5.74, 6) is 0.137. The summed E-state index contributed by atoms with van der Waals surface area (Å²) in [4.78, 5) is 19.9. The van der Waals surface area contributed by atoms with Crippen molar-refractivity contribution in [2.45, 2.75) is 11.3 Å². The molecule has 0 amide bonds. The Morgan fingerprint density at radius 3 is 3.09 bits per heavy atom. The quantitative estimate of drug-likeness (QED) is 0.831. The van der Waals surface area contributed by atoms with Crippen LogP contribution >= 0.6 is 11.8 Å². The van der Waals surface area contributed by atoms with Crippen molar-refractivity contribution in [2.75, 3.05) is 11.9 Å². The minimum Gasteiger partial charge on any atom is -0.332 e. The molecule has 1 atom stereocenters. The van der Waals surface area contributed by atoms with Crippen molar-refractivity contribution >= 4 is 34.9 Å². The van der Waals surface area contributed by atoms with Gasteiger partial charge in [0, 0.05) is 12.6 Å². The molecule has 7 heteroatoms. The van der Waals surface area contributed by atoms with E-state index in [0.29, 0.717) is 18.1 Å². The number of aliphatic imine (C=N–C) groups is 2. The number of benzene rings is 1. The molecule has 1 spiro atoms. The lowest BCUT2D eigenvalue weighted by Gasteiger charge is -2.35. The average Bonchev–Trinajstić information content (AvgIpc) is 2.87. The van der Waals surface area contributed by atoms with Crippen LogP contribution in [-0.2, 0) is 4.79 Å². The lowest BCUT2D eigenvalue weighted by atomic mass is 9.98. The second-order valence-corrected chi connectivity index (χ2v) is 6.50. The molecular formula is C16H13FN4OS. The SMILES string of the molecule is O=C1CN=C2C=CSC23NC(Nc2ccccc2F)=NC=C3C1. The van der Waals surface area contributed by atoms with E-state index in [2.05, 4.69) is 20.6 Å². The van der Waals surface area contributed by atoms with Crippen LogP contribution in [0.15, 0.2) is 57.5 Å². The Bertz CT molecular complexity index is 814. The molecule has 1 aromatic rings. The molecule has 0 bridgehead atoms. The Morgan fingerprint density at radius 2 is 2.22 bits per heavy atom. The van der Waals surface area contributed by atoms with Gasteiger partial charge in [0.1, 0.15) is 5.82 Å². The fraction of sp³-hybridized carbons (Fsp3) is 0.188. The topological polar surface area (TPSA) is 65.8 Å². The molecule has 3 aliphatic rings. The zero-order valence-electron chi connectivity index (χ0n) is 12.0. The molecule has 0 fully saturated rings. The van der Waals surface area contributed by atoms with Crippen LogP contribution in [0, 0.1) is 5.82 Å². The van der Waals surface area contributed by atoms with Gasteiger partial charge in [-0.05, 0) is 29.2 Å². The first kappa shape index (κ1) is 14.2. The van der Waals surface area contributed by atoms with Gasteiger partial charge in [-0.1, -0.05) is 23.9 Å². The maximum Gasteiger partial charge on any atom is 0.202 e. The third-order valence-electron chi connectivity index (χ3n) is 3.87. The smallest absolute Gasteiger partial charge is 0.202 e. The summed E-state index contributed by atoms with van der Waals surface area (Å²) in [5.41, 5.74) is 2.00. The van der Waals surface area contributed by atoms with E-state index in [1.54, 1.807) is 24.4 Å². The van der Waals surface area contributed by atoms with Gasteiger partial charge in [0.15, 0.2) is 10.7 Å². The summed E-state index contributed by atoms with van der Waals surface area (Å²) in [6.45, 7) is 0.178. The fourth-order valence-electron chi connectivity index (χ4n) is 2.75. The number of Topliss-reactive ketones (excluding diaryl/α,β-unsaturated/α-hetero) is 1. The fourth-order valence-corrected chi connectivity index (χ4v) is 3.84. The molecule has 0 radical (unpaired) electrons. The van der Waals surface area contributed by atoms with Gasteiger partial charge in [0.25, 0.3) is 0 Å². The highest BCUT2D eigenvalue weighted by atomic mass is 32.2. The van der Waals surface area contributed by atoms with Crippen molar-refractivity contribution < 1.29 is 9.18 Å². The van der Waals surface area contributed by atoms with E-state index < -0.39 is 4.87 Å². The Kier molecular flexibility index (Phi) is 3.30. The number of nitrogens with zero attached hydrogens (tertiary/aromatic N) is 2. The van der Waals surface area contributed by atoms with E-state index in [-0.39, 0.29) is 18.1 Å². The largest absolute Gasteiger partial charge is 0.332 e. The number of hydrogen-bond acceptors (Lipinski definition) is 6. The van der Waals surface area contributed by atoms with E-state index in [1.807, 2.05) is 11.5 Å². The number of hydrogen-bond donors (Lipinski definition) is 2. The number of rotatable bonds is 1. The first-order valence-electron chi connectivity index (χ1n) is 7.15. The summed E-state index contributed by atoms with van der Waals surface area (Å²) in [6.07, 6.45) is 3.89. The van der Waals surface area contributed by atoms with Gasteiger partial charge >= 0.3 is 0 Å². The average molecular weight is 328 g/mol. The van der Waals surface area contributed by atoms with E-state index in [9.17, 15) is 9.18 Å². The highest BCUT2D eigenvalue weighted by molar-refractivity contribution is 8.05. The molecule has 1 aromatic carbocycles. The number of halogens is 1. The zero-order valence-corrected chi connectivity index (χ0v) is 12.9. The van der Waals surface area contributed by atoms with E-state index in [0.717, 1.165) is 11.3 Å². The first-order chi connectivity index (χ1) is 11.2. The number of nitrogens with one attached hydrogen (secondary N) is 2. The van der Waals surface area contributed by atoms with Crippen molar-refractivity contribution in [3.63, 3.8) is 0 Å². The van der Waals surface area contributed by atoms with Crippen LogP contribution in [0.2, 0.25) is 0 Å². The van der Waals surface area contributed by atoms with Gasteiger partial charge in [-0.2, -0.15) is 0 Å². The lowest BCUT2D eigenvalue weighted by molar-refractivity contribution is -0.117. The van der Waals surface area contributed by atoms with E-state index in [1.165, 1.54) is 17.8 Å². The summed E-state index contributed by atoms with van der Waals surface area (Å²) in [5, 5.41) is 8.19. The molecule has 3 heterocycles. The van der Waals surface area contributed by atoms with Gasteiger partial charge < -0.3 is 10.6 Å². The van der Waals surface area contributed by atoms with Gasteiger partial charge in [-0.25, -0.2) is 9.38 Å². The predicted octanol–water partition coefficient (Wildman–Crippen LogP) is 2.45. The van der Waals surface area contributed by atoms with Crippen LogP contribution in [0.25, 0.3) is 0 Å². The van der Waals surface area contributed by atoms with Crippen molar-refractivity contribution in [3.8, 4) is 0 Å². The number of carbonyl (C=O) groups excluding carboxylic acids is 1. The minimum absolute atomic E-state index is 0.0639. The normalized spacial score (nSPS) is 25.4. The molecule has 2 N–H and O–H groups in total. The minimum atomic E-state index is -0.624. The highest BCUT2D eigenvalue weighted by Crippen LogP contribution is 2.42. The zero-order chi connectivity index (χ0) is 15.9. The van der Waals surface area contributed by atoms with Crippen molar-refractivity contribution in [1.29, 1.82) is 0 Å². The maximum atomic E-state index is 13.8. The molecule has 3 aliphatic heterocycles. The molecule has 0 aromatic heterocycles. The maximum absolute atomic E-state index is 13.8. The third-order valence-corrected chi connectivity index (χ3v) is 5.07. The van der Waals surface area contributed by atoms with Gasteiger partial charge in [0.05, 0.1) is 17.9 Å². The van der Waals surface area contributed by atoms with Crippen LogP contribution in [0.1, 0.15) is 6.42 Å². The Hall–Kier alpha value is -2.41. The van der Waals surface area contributed by atoms with Gasteiger partial charge in [-0.15, -0.1) is 0 Å². The summed E-state index contributed by atoms with van der Waals surface area (Å²) < 4.78 is 13.8. The molecular weight excluding hydrogens is 315 g/mol. The van der Waals surface area contributed by atoms with E-state index >= 15 is 0 Å². The number of anilines is 1. The van der Waals surface area contributed by atoms with Crippen LogP contribution in [-0.4, -0.2) is 28.9 Å². The van der Waals surface area contributed by atoms with E-state index in [4.69, 9.17) is 0 Å². The van der Waals surface area contributed by atoms with Crippen LogP contribution < -0.4 is 10.6 Å². The molecule has 5 nitrogen and oxygen atoms in total. The van der Waals surface area contributed by atoms with Gasteiger partial charge in [0.2, 0.25) is 5.96 Å². The third kappa shape index (κ3) is 2.37. The number of ketones is 1. The van der Waals surface area contributed by atoms with Crippen LogP contribution in [0.4, 0.5) is 10.1 Å². The monoisotopic (exact) mass is 328 g/mol. The lowest BCUT2D eigenvalue weighted by Crippen LogP contribution is -2.54. The molecule has 116 valence electrons. The number of para-hydroxylation sites is 1. The van der Waals surface area contributed by atoms with Crippen LogP contribution in [0.3, 0.4) is 0 Å². The Balaban J connectivity index is 1.69. The number of thioether (sulfide) groups is 1. The number of guanidine groups is 1. The second-order valence-electron chi connectivity index (χ2n) is 5.38. The summed E-state index contributed by atoms with van der Waals surface area (Å²) >= 11 is 1.53. The molecule has 0 aliphatic carbocycles. The molecule has 0 saturated heterocycles. The summed E-state index contributed by atoms with van der Waals surface area (Å²) in [7, 11) is 0. The standard InChI is InChI=1S/C16H13FN4OS/c17-12-3-1-2-4-13(12)20-15-19-8-10-7-11(22)9-18-14-5-6-23-16(10,14)21-15/h1-6,8H,7,9H2,(H2,19,20,21). The Labute approximate surface area is 136 Å². The van der Waals surface area contributed by atoms with Gasteiger partial charge in [-0.3, -0.25) is 9.79 Å². The number of carbonyl (C=O) groups is 1. The van der Waals surface area contributed by atoms with Crippen molar-refractivity contribution in [3.05, 3.63) is 53.3 Å². The summed E-state index contributed by atoms with van der Waals surface area (Å²) in [6, 6.07) is 6.40. The van der Waals surface area contributed by atoms with Crippen LogP contribution in [0.5, 0.6) is 0 Å². The first-order valence-corrected chi connectivity index (χ1v) is 8.03. The van der Waals surface area contributed by atoms with Crippen molar-refractivity contribution in [2.24, 2.45) is 9.98 Å². The molecule has 1 unspecified atom stereocenters. The predicted molar refractivity (Wildman–Crippen MR) is 90.1 cm³/mol.